The molecule has 0 radical (unpaired) electrons. The molecule has 0 aliphatic heterocycles. The van der Waals surface area contributed by atoms with Gasteiger partial charge in [0.1, 0.15) is 5.82 Å². The molecule has 0 atom stereocenters. The molecule has 0 aliphatic rings. The summed E-state index contributed by atoms with van der Waals surface area (Å²) >= 11 is 5.83. The summed E-state index contributed by atoms with van der Waals surface area (Å²) < 4.78 is 40.8. The van der Waals surface area contributed by atoms with Gasteiger partial charge in [0, 0.05) is 12.5 Å². The Labute approximate surface area is 125 Å². The summed E-state index contributed by atoms with van der Waals surface area (Å²) in [6, 6.07) is 1.01. The molecule has 2 aromatic rings. The molecule has 2 N–H and O–H groups in total. The van der Waals surface area contributed by atoms with Crippen molar-refractivity contribution in [3.05, 3.63) is 22.5 Å². The van der Waals surface area contributed by atoms with E-state index in [0.717, 1.165) is 18.3 Å². The van der Waals surface area contributed by atoms with E-state index in [1.807, 2.05) is 25.3 Å². The maximum atomic E-state index is 13.0. The Kier molecular flexibility index (Phi) is 4.10. The molecule has 3 nitrogen and oxygen atoms in total. The van der Waals surface area contributed by atoms with Crippen molar-refractivity contribution < 1.29 is 13.2 Å². The van der Waals surface area contributed by atoms with E-state index in [1.165, 1.54) is 0 Å². The summed E-state index contributed by atoms with van der Waals surface area (Å²) in [5.74, 6) is 0.726. The van der Waals surface area contributed by atoms with Crippen molar-refractivity contribution in [2.75, 3.05) is 5.73 Å². The van der Waals surface area contributed by atoms with Crippen molar-refractivity contribution in [1.29, 1.82) is 0 Å². The van der Waals surface area contributed by atoms with Gasteiger partial charge in [-0.15, -0.1) is 0 Å². The first kappa shape index (κ1) is 15.9. The zero-order valence-corrected chi connectivity index (χ0v) is 12.8. The fraction of sp³-hybridized carbons (Fsp3) is 0.500. The molecule has 0 saturated carbocycles. The Hall–Kier alpha value is -1.43. The standard InChI is InChI=1S/C14H17ClF3N3/c1-4-5-10-20-9-6-8(14(16,17)18)11(15)12(19)13(9)21(10)7(2)3/h6-7H,4-5,19H2,1-3H3. The maximum absolute atomic E-state index is 13.0. The molecule has 0 bridgehead atoms. The van der Waals surface area contributed by atoms with E-state index < -0.39 is 16.8 Å². The molecule has 7 heteroatoms. The normalized spacial score (nSPS) is 12.6. The van der Waals surface area contributed by atoms with E-state index in [9.17, 15) is 13.2 Å². The predicted octanol–water partition coefficient (Wildman–Crippen LogP) is 4.82. The van der Waals surface area contributed by atoms with Gasteiger partial charge in [0.2, 0.25) is 0 Å². The predicted molar refractivity (Wildman–Crippen MR) is 78.5 cm³/mol. The van der Waals surface area contributed by atoms with Crippen LogP contribution in [0.1, 0.15) is 44.6 Å². The van der Waals surface area contributed by atoms with Crippen LogP contribution < -0.4 is 5.73 Å². The average Bonchev–Trinajstić information content (AvgIpc) is 2.71. The lowest BCUT2D eigenvalue weighted by molar-refractivity contribution is -0.137. The highest BCUT2D eigenvalue weighted by atomic mass is 35.5. The lowest BCUT2D eigenvalue weighted by Crippen LogP contribution is -2.10. The molecule has 116 valence electrons. The third-order valence-corrected chi connectivity index (χ3v) is 3.72. The van der Waals surface area contributed by atoms with Crippen LogP contribution in [0.4, 0.5) is 18.9 Å². The number of anilines is 1. The van der Waals surface area contributed by atoms with Crippen molar-refractivity contribution in [1.82, 2.24) is 9.55 Å². The summed E-state index contributed by atoms with van der Waals surface area (Å²) in [4.78, 5) is 4.32. The van der Waals surface area contributed by atoms with Gasteiger partial charge in [0.15, 0.2) is 0 Å². The molecular weight excluding hydrogens is 303 g/mol. The second-order valence-electron chi connectivity index (χ2n) is 5.26. The van der Waals surface area contributed by atoms with Gasteiger partial charge in [-0.25, -0.2) is 4.98 Å². The summed E-state index contributed by atoms with van der Waals surface area (Å²) in [6.45, 7) is 5.86. The van der Waals surface area contributed by atoms with Crippen LogP contribution in [-0.2, 0) is 12.6 Å². The minimum absolute atomic E-state index is 0.0339. The van der Waals surface area contributed by atoms with E-state index in [4.69, 9.17) is 17.3 Å². The monoisotopic (exact) mass is 319 g/mol. The van der Waals surface area contributed by atoms with Crippen LogP contribution in [0.5, 0.6) is 0 Å². The first-order chi connectivity index (χ1) is 9.68. The minimum atomic E-state index is -4.55. The number of hydrogen-bond donors (Lipinski definition) is 1. The van der Waals surface area contributed by atoms with Crippen molar-refractivity contribution >= 4 is 28.3 Å². The van der Waals surface area contributed by atoms with Crippen LogP contribution >= 0.6 is 11.6 Å². The molecule has 21 heavy (non-hydrogen) atoms. The van der Waals surface area contributed by atoms with Gasteiger partial charge in [-0.05, 0) is 26.3 Å². The van der Waals surface area contributed by atoms with Gasteiger partial charge in [-0.3, -0.25) is 0 Å². The third kappa shape index (κ3) is 2.69. The molecule has 1 aromatic heterocycles. The highest BCUT2D eigenvalue weighted by Gasteiger charge is 2.35. The van der Waals surface area contributed by atoms with Gasteiger partial charge >= 0.3 is 6.18 Å². The van der Waals surface area contributed by atoms with Crippen molar-refractivity contribution in [3.63, 3.8) is 0 Å². The summed E-state index contributed by atoms with van der Waals surface area (Å²) in [7, 11) is 0. The molecule has 1 heterocycles. The maximum Gasteiger partial charge on any atom is 0.418 e. The Morgan fingerprint density at radius 3 is 2.48 bits per heavy atom. The lowest BCUT2D eigenvalue weighted by atomic mass is 10.1. The van der Waals surface area contributed by atoms with Crippen LogP contribution in [0, 0.1) is 0 Å². The molecule has 0 spiro atoms. The van der Waals surface area contributed by atoms with Crippen LogP contribution in [0.25, 0.3) is 11.0 Å². The number of rotatable bonds is 3. The van der Waals surface area contributed by atoms with E-state index in [1.54, 1.807) is 0 Å². The smallest absolute Gasteiger partial charge is 0.396 e. The number of nitrogens with two attached hydrogens (primary N) is 1. The number of imidazole rings is 1. The first-order valence-electron chi connectivity index (χ1n) is 6.74. The van der Waals surface area contributed by atoms with E-state index in [-0.39, 0.29) is 17.2 Å². The molecule has 2 rings (SSSR count). The van der Waals surface area contributed by atoms with Crippen LogP contribution in [0.15, 0.2) is 6.07 Å². The largest absolute Gasteiger partial charge is 0.418 e. The number of aryl methyl sites for hydroxylation is 1. The quantitative estimate of drug-likeness (QED) is 0.824. The zero-order valence-electron chi connectivity index (χ0n) is 12.1. The highest BCUT2D eigenvalue weighted by Crippen LogP contribution is 2.42. The van der Waals surface area contributed by atoms with Crippen LogP contribution in [-0.4, -0.2) is 9.55 Å². The van der Waals surface area contributed by atoms with E-state index >= 15 is 0 Å². The number of hydrogen-bond acceptors (Lipinski definition) is 2. The molecule has 0 amide bonds. The van der Waals surface area contributed by atoms with Gasteiger partial charge < -0.3 is 10.3 Å². The summed E-state index contributed by atoms with van der Waals surface area (Å²) in [5, 5.41) is -0.458. The number of nitrogen functional groups attached to an aromatic ring is 1. The summed E-state index contributed by atoms with van der Waals surface area (Å²) in [5.41, 5.74) is 5.58. The summed E-state index contributed by atoms with van der Waals surface area (Å²) in [6.07, 6.45) is -3.03. The van der Waals surface area contributed by atoms with E-state index in [2.05, 4.69) is 4.98 Å². The van der Waals surface area contributed by atoms with Gasteiger partial charge in [-0.1, -0.05) is 18.5 Å². The molecule has 0 aliphatic carbocycles. The Morgan fingerprint density at radius 2 is 2.00 bits per heavy atom. The van der Waals surface area contributed by atoms with Crippen molar-refractivity contribution in [2.45, 2.75) is 45.8 Å². The molecule has 0 unspecified atom stereocenters. The number of alkyl halides is 3. The molecular formula is C14H17ClF3N3. The topological polar surface area (TPSA) is 43.8 Å². The van der Waals surface area contributed by atoms with Crippen LogP contribution in [0.3, 0.4) is 0 Å². The number of nitrogens with zero attached hydrogens (tertiary/aromatic N) is 2. The molecule has 1 aromatic carbocycles. The fourth-order valence-corrected chi connectivity index (χ4v) is 2.73. The van der Waals surface area contributed by atoms with Crippen molar-refractivity contribution in [2.24, 2.45) is 0 Å². The number of aromatic nitrogens is 2. The van der Waals surface area contributed by atoms with Crippen LogP contribution in [0.2, 0.25) is 5.02 Å². The number of fused-ring (bicyclic) bond motifs is 1. The van der Waals surface area contributed by atoms with E-state index in [0.29, 0.717) is 11.9 Å². The second-order valence-corrected chi connectivity index (χ2v) is 5.64. The fourth-order valence-electron chi connectivity index (χ4n) is 2.48. The zero-order chi connectivity index (χ0) is 15.9. The lowest BCUT2D eigenvalue weighted by Gasteiger charge is -2.16. The van der Waals surface area contributed by atoms with Gasteiger partial charge in [-0.2, -0.15) is 13.2 Å². The molecule has 0 fully saturated rings. The average molecular weight is 320 g/mol. The minimum Gasteiger partial charge on any atom is -0.396 e. The molecule has 0 saturated heterocycles. The SMILES string of the molecule is CCCc1nc2cc(C(F)(F)F)c(Cl)c(N)c2n1C(C)C. The Balaban J connectivity index is 2.84. The number of benzene rings is 1. The van der Waals surface area contributed by atoms with Gasteiger partial charge in [0.05, 0.1) is 27.3 Å². The third-order valence-electron chi connectivity index (χ3n) is 3.32. The number of halogens is 4. The van der Waals surface area contributed by atoms with Gasteiger partial charge in [0.25, 0.3) is 0 Å². The second kappa shape index (κ2) is 5.40. The Bertz CT molecular complexity index is 674. The Morgan fingerprint density at radius 1 is 1.38 bits per heavy atom. The first-order valence-corrected chi connectivity index (χ1v) is 7.12. The highest BCUT2D eigenvalue weighted by molar-refractivity contribution is 6.35. The van der Waals surface area contributed by atoms with Crippen molar-refractivity contribution in [3.8, 4) is 0 Å².